The average molecular weight is 322 g/mol. The molecule has 6 heteroatoms. The molecule has 1 amide bonds. The number of nitrogens with zero attached hydrogens (tertiary/aromatic N) is 4. The van der Waals surface area contributed by atoms with E-state index >= 15 is 0 Å². The van der Waals surface area contributed by atoms with Crippen molar-refractivity contribution in [3.63, 3.8) is 0 Å². The third kappa shape index (κ3) is 2.40. The summed E-state index contributed by atoms with van der Waals surface area (Å²) in [6, 6.07) is 11.3. The number of hydrogen-bond acceptors (Lipinski definition) is 3. The topological polar surface area (TPSA) is 59.6 Å². The molecule has 3 aromatic rings. The summed E-state index contributed by atoms with van der Waals surface area (Å²) in [5, 5.41) is 0. The molecule has 0 aliphatic carbocycles. The minimum Gasteiger partial charge on any atom is -0.338 e. The molecule has 6 nitrogen and oxygen atoms in total. The number of piperidine rings is 1. The predicted molar refractivity (Wildman–Crippen MR) is 90.5 cm³/mol. The molecule has 0 saturated carbocycles. The van der Waals surface area contributed by atoms with E-state index in [2.05, 4.69) is 4.98 Å². The van der Waals surface area contributed by atoms with Crippen LogP contribution in [0.5, 0.6) is 0 Å². The molecule has 0 atom stereocenters. The Bertz CT molecular complexity index is 937. The van der Waals surface area contributed by atoms with Gasteiger partial charge in [-0.25, -0.2) is 4.98 Å². The van der Waals surface area contributed by atoms with Crippen molar-refractivity contribution in [2.24, 2.45) is 0 Å². The number of likely N-dealkylation sites (tertiary alicyclic amines) is 1. The van der Waals surface area contributed by atoms with Crippen molar-refractivity contribution >= 4 is 11.6 Å². The molecular formula is C18H18N4O2. The first kappa shape index (κ1) is 14.7. The van der Waals surface area contributed by atoms with Crippen molar-refractivity contribution in [3.8, 4) is 5.69 Å². The maximum absolute atomic E-state index is 12.9. The average Bonchev–Trinajstić information content (AvgIpc) is 3.08. The van der Waals surface area contributed by atoms with E-state index in [1.807, 2.05) is 30.3 Å². The summed E-state index contributed by atoms with van der Waals surface area (Å²) < 4.78 is 3.17. The van der Waals surface area contributed by atoms with Gasteiger partial charge in [-0.3, -0.25) is 14.3 Å². The van der Waals surface area contributed by atoms with Crippen molar-refractivity contribution in [2.45, 2.75) is 19.3 Å². The van der Waals surface area contributed by atoms with Crippen LogP contribution in [0.25, 0.3) is 11.3 Å². The summed E-state index contributed by atoms with van der Waals surface area (Å²) in [5.74, 6) is -0.220. The second-order valence-electron chi connectivity index (χ2n) is 6.00. The second-order valence-corrected chi connectivity index (χ2v) is 6.00. The Labute approximate surface area is 138 Å². The van der Waals surface area contributed by atoms with Crippen LogP contribution in [-0.4, -0.2) is 38.1 Å². The van der Waals surface area contributed by atoms with Crippen LogP contribution < -0.4 is 5.56 Å². The van der Waals surface area contributed by atoms with Crippen molar-refractivity contribution in [1.82, 2.24) is 19.1 Å². The van der Waals surface area contributed by atoms with Crippen LogP contribution in [0.1, 0.15) is 29.6 Å². The lowest BCUT2D eigenvalue weighted by atomic mass is 10.1. The Morgan fingerprint density at radius 3 is 2.50 bits per heavy atom. The predicted octanol–water partition coefficient (Wildman–Crippen LogP) is 2.11. The maximum Gasteiger partial charge on any atom is 0.286 e. The van der Waals surface area contributed by atoms with Crippen LogP contribution in [0.3, 0.4) is 0 Å². The minimum absolute atomic E-state index is 0.130. The fourth-order valence-corrected chi connectivity index (χ4v) is 3.18. The van der Waals surface area contributed by atoms with Gasteiger partial charge in [0, 0.05) is 31.5 Å². The fraction of sp³-hybridized carbons (Fsp3) is 0.278. The maximum atomic E-state index is 12.9. The number of fused-ring (bicyclic) bond motifs is 1. The summed E-state index contributed by atoms with van der Waals surface area (Å²) in [5.41, 5.74) is 1.17. The molecule has 1 aliphatic heterocycles. The number of hydrogen-bond donors (Lipinski definition) is 0. The lowest BCUT2D eigenvalue weighted by Crippen LogP contribution is -2.39. The molecular weight excluding hydrogens is 304 g/mol. The van der Waals surface area contributed by atoms with Gasteiger partial charge in [0.25, 0.3) is 11.5 Å². The van der Waals surface area contributed by atoms with E-state index in [9.17, 15) is 9.59 Å². The molecule has 122 valence electrons. The van der Waals surface area contributed by atoms with Gasteiger partial charge in [-0.15, -0.1) is 0 Å². The third-order valence-electron chi connectivity index (χ3n) is 4.44. The number of benzene rings is 1. The quantitative estimate of drug-likeness (QED) is 0.726. The number of aromatic nitrogens is 3. The number of amides is 1. The molecule has 1 fully saturated rings. The van der Waals surface area contributed by atoms with Gasteiger partial charge in [-0.2, -0.15) is 4.52 Å². The molecule has 2 aromatic heterocycles. The molecule has 0 spiro atoms. The van der Waals surface area contributed by atoms with Crippen LogP contribution in [0, 0.1) is 0 Å². The zero-order valence-corrected chi connectivity index (χ0v) is 13.3. The molecule has 3 heterocycles. The van der Waals surface area contributed by atoms with Crippen molar-refractivity contribution in [2.75, 3.05) is 13.1 Å². The lowest BCUT2D eigenvalue weighted by Gasteiger charge is -2.26. The smallest absolute Gasteiger partial charge is 0.286 e. The van der Waals surface area contributed by atoms with E-state index in [0.717, 1.165) is 24.9 Å². The van der Waals surface area contributed by atoms with E-state index < -0.39 is 0 Å². The molecule has 1 aromatic carbocycles. The third-order valence-corrected chi connectivity index (χ3v) is 4.44. The first-order chi connectivity index (χ1) is 11.8. The van der Waals surface area contributed by atoms with Crippen LogP contribution in [0.15, 0.2) is 53.6 Å². The highest BCUT2D eigenvalue weighted by atomic mass is 16.2. The SMILES string of the molecule is O=C(c1cnc2ccn(-c3ccccc3)n2c1=O)N1CCCCC1. The molecule has 1 aliphatic rings. The summed E-state index contributed by atoms with van der Waals surface area (Å²) >= 11 is 0. The monoisotopic (exact) mass is 322 g/mol. The standard InChI is InChI=1S/C18H18N4O2/c23-17(20-10-5-2-6-11-20)15-13-19-16-9-12-21(22(16)18(15)24)14-7-3-1-4-8-14/h1,3-4,7-9,12-13H,2,5-6,10-11H2. The molecule has 0 bridgehead atoms. The van der Waals surface area contributed by atoms with E-state index in [-0.39, 0.29) is 17.0 Å². The van der Waals surface area contributed by atoms with Crippen molar-refractivity contribution in [3.05, 3.63) is 64.7 Å². The molecule has 24 heavy (non-hydrogen) atoms. The van der Waals surface area contributed by atoms with Gasteiger partial charge in [-0.05, 0) is 31.4 Å². The zero-order chi connectivity index (χ0) is 16.5. The molecule has 0 unspecified atom stereocenters. The summed E-state index contributed by atoms with van der Waals surface area (Å²) in [6.45, 7) is 1.42. The van der Waals surface area contributed by atoms with Crippen molar-refractivity contribution in [1.29, 1.82) is 0 Å². The molecule has 4 rings (SSSR count). The van der Waals surface area contributed by atoms with Crippen LogP contribution in [0.4, 0.5) is 0 Å². The molecule has 0 radical (unpaired) electrons. The Morgan fingerprint density at radius 2 is 1.75 bits per heavy atom. The highest BCUT2D eigenvalue weighted by Gasteiger charge is 2.22. The highest BCUT2D eigenvalue weighted by molar-refractivity contribution is 5.93. The van der Waals surface area contributed by atoms with Crippen LogP contribution in [0.2, 0.25) is 0 Å². The van der Waals surface area contributed by atoms with E-state index in [1.54, 1.807) is 21.8 Å². The first-order valence-electron chi connectivity index (χ1n) is 8.20. The van der Waals surface area contributed by atoms with Gasteiger partial charge in [0.05, 0.1) is 5.69 Å². The second kappa shape index (κ2) is 5.96. The van der Waals surface area contributed by atoms with Crippen LogP contribution >= 0.6 is 0 Å². The van der Waals surface area contributed by atoms with Gasteiger partial charge >= 0.3 is 0 Å². The van der Waals surface area contributed by atoms with Gasteiger partial charge < -0.3 is 4.90 Å². The van der Waals surface area contributed by atoms with Crippen LogP contribution in [-0.2, 0) is 0 Å². The first-order valence-corrected chi connectivity index (χ1v) is 8.20. The normalized spacial score (nSPS) is 14.9. The summed E-state index contributed by atoms with van der Waals surface area (Å²) in [7, 11) is 0. The number of carbonyl (C=O) groups excluding carboxylic acids is 1. The Hall–Kier alpha value is -2.89. The Morgan fingerprint density at radius 1 is 1.00 bits per heavy atom. The van der Waals surface area contributed by atoms with Gasteiger partial charge in [0.15, 0.2) is 5.65 Å². The number of carbonyl (C=O) groups is 1. The number of rotatable bonds is 2. The largest absolute Gasteiger partial charge is 0.338 e. The highest BCUT2D eigenvalue weighted by Crippen LogP contribution is 2.13. The molecule has 0 N–H and O–H groups in total. The molecule has 1 saturated heterocycles. The summed E-state index contributed by atoms with van der Waals surface area (Å²) in [4.78, 5) is 31.7. The van der Waals surface area contributed by atoms with Gasteiger partial charge in [0.1, 0.15) is 5.56 Å². The lowest BCUT2D eigenvalue weighted by molar-refractivity contribution is 0.0721. The zero-order valence-electron chi connectivity index (χ0n) is 13.3. The van der Waals surface area contributed by atoms with E-state index in [1.165, 1.54) is 10.7 Å². The van der Waals surface area contributed by atoms with E-state index in [0.29, 0.717) is 18.7 Å². The van der Waals surface area contributed by atoms with Gasteiger partial charge in [0.2, 0.25) is 0 Å². The Kier molecular flexibility index (Phi) is 3.65. The number of para-hydroxylation sites is 1. The summed E-state index contributed by atoms with van der Waals surface area (Å²) in [6.07, 6.45) is 6.31. The minimum atomic E-state index is -0.329. The fourth-order valence-electron chi connectivity index (χ4n) is 3.18. The van der Waals surface area contributed by atoms with Crippen molar-refractivity contribution < 1.29 is 4.79 Å². The van der Waals surface area contributed by atoms with Gasteiger partial charge in [-0.1, -0.05) is 18.2 Å². The van der Waals surface area contributed by atoms with E-state index in [4.69, 9.17) is 0 Å². The Balaban J connectivity index is 1.83.